The zero-order valence-corrected chi connectivity index (χ0v) is 12.0. The third kappa shape index (κ3) is 3.81. The van der Waals surface area contributed by atoms with E-state index in [1.54, 1.807) is 6.92 Å². The highest BCUT2D eigenvalue weighted by atomic mass is 35.5. The Morgan fingerprint density at radius 1 is 1.58 bits per heavy atom. The Bertz CT molecular complexity index is 466. The van der Waals surface area contributed by atoms with Crippen molar-refractivity contribution in [2.24, 2.45) is 0 Å². The van der Waals surface area contributed by atoms with Crippen molar-refractivity contribution in [2.75, 3.05) is 25.5 Å². The van der Waals surface area contributed by atoms with Crippen LogP contribution in [0, 0.1) is 0 Å². The van der Waals surface area contributed by atoms with E-state index in [1.807, 2.05) is 19.2 Å². The molecular formula is C13H19ClN4O. The van der Waals surface area contributed by atoms with Crippen molar-refractivity contribution in [3.05, 3.63) is 22.8 Å². The van der Waals surface area contributed by atoms with Gasteiger partial charge in [0, 0.05) is 39.6 Å². The number of nitrogens with one attached hydrogen (secondary N) is 2. The van der Waals surface area contributed by atoms with Gasteiger partial charge in [-0.3, -0.25) is 9.69 Å². The van der Waals surface area contributed by atoms with E-state index in [4.69, 9.17) is 11.6 Å². The van der Waals surface area contributed by atoms with E-state index in [-0.39, 0.29) is 11.9 Å². The van der Waals surface area contributed by atoms with Gasteiger partial charge >= 0.3 is 0 Å². The lowest BCUT2D eigenvalue weighted by Gasteiger charge is -2.17. The van der Waals surface area contributed by atoms with Gasteiger partial charge in [-0.1, -0.05) is 11.6 Å². The molecule has 2 rings (SSSR count). The van der Waals surface area contributed by atoms with Crippen molar-refractivity contribution < 1.29 is 4.79 Å². The summed E-state index contributed by atoms with van der Waals surface area (Å²) in [5.74, 6) is 0.845. The monoisotopic (exact) mass is 282 g/mol. The predicted molar refractivity (Wildman–Crippen MR) is 76.3 cm³/mol. The van der Waals surface area contributed by atoms with Crippen LogP contribution >= 0.6 is 11.6 Å². The van der Waals surface area contributed by atoms with Gasteiger partial charge < -0.3 is 10.6 Å². The van der Waals surface area contributed by atoms with Crippen LogP contribution in [0.3, 0.4) is 0 Å². The molecule has 5 nitrogen and oxygen atoms in total. The fourth-order valence-corrected chi connectivity index (χ4v) is 2.49. The van der Waals surface area contributed by atoms with Crippen LogP contribution in [0.2, 0.25) is 5.02 Å². The molecule has 1 aliphatic rings. The molecule has 1 fully saturated rings. The maximum absolute atomic E-state index is 11.0. The number of hydrogen-bond donors (Lipinski definition) is 2. The van der Waals surface area contributed by atoms with Crippen LogP contribution in [-0.4, -0.2) is 42.0 Å². The first kappa shape index (κ1) is 14.1. The number of amides is 1. The third-order valence-electron chi connectivity index (χ3n) is 3.23. The second kappa shape index (κ2) is 6.21. The van der Waals surface area contributed by atoms with E-state index in [0.717, 1.165) is 31.0 Å². The summed E-state index contributed by atoms with van der Waals surface area (Å²) in [4.78, 5) is 17.8. The molecule has 2 N–H and O–H groups in total. The van der Waals surface area contributed by atoms with Crippen molar-refractivity contribution in [2.45, 2.75) is 25.9 Å². The molecule has 0 aromatic carbocycles. The summed E-state index contributed by atoms with van der Waals surface area (Å²) in [6.45, 7) is 4.07. The van der Waals surface area contributed by atoms with E-state index in [1.165, 1.54) is 0 Å². The molecule has 1 saturated heterocycles. The van der Waals surface area contributed by atoms with E-state index >= 15 is 0 Å². The minimum atomic E-state index is 0.0280. The number of aromatic nitrogens is 1. The number of rotatable bonds is 4. The Kier molecular flexibility index (Phi) is 4.61. The Balaban J connectivity index is 1.97. The molecule has 1 aromatic heterocycles. The number of anilines is 1. The lowest BCUT2D eigenvalue weighted by molar-refractivity contribution is -0.119. The minimum Gasteiger partial charge on any atom is -0.373 e. The summed E-state index contributed by atoms with van der Waals surface area (Å²) >= 11 is 6.17. The summed E-state index contributed by atoms with van der Waals surface area (Å²) in [7, 11) is 1.84. The second-order valence-corrected chi connectivity index (χ2v) is 5.20. The molecule has 0 radical (unpaired) electrons. The van der Waals surface area contributed by atoms with Crippen LogP contribution in [0.1, 0.15) is 19.0 Å². The number of likely N-dealkylation sites (tertiary alicyclic amines) is 1. The first-order valence-corrected chi connectivity index (χ1v) is 6.79. The Morgan fingerprint density at radius 2 is 2.37 bits per heavy atom. The summed E-state index contributed by atoms with van der Waals surface area (Å²) in [6, 6.07) is 3.95. The molecule has 1 aromatic rings. The second-order valence-electron chi connectivity index (χ2n) is 4.80. The van der Waals surface area contributed by atoms with Crippen molar-refractivity contribution in [3.8, 4) is 0 Å². The largest absolute Gasteiger partial charge is 0.373 e. The first-order chi connectivity index (χ1) is 9.08. The van der Waals surface area contributed by atoms with Gasteiger partial charge in [-0.25, -0.2) is 4.98 Å². The van der Waals surface area contributed by atoms with E-state index in [0.29, 0.717) is 11.6 Å². The topological polar surface area (TPSA) is 57.3 Å². The average molecular weight is 283 g/mol. The molecule has 19 heavy (non-hydrogen) atoms. The van der Waals surface area contributed by atoms with Crippen LogP contribution in [0.4, 0.5) is 5.82 Å². The highest BCUT2D eigenvalue weighted by molar-refractivity contribution is 6.31. The van der Waals surface area contributed by atoms with Gasteiger partial charge in [-0.15, -0.1) is 0 Å². The van der Waals surface area contributed by atoms with Crippen LogP contribution in [0.25, 0.3) is 0 Å². The van der Waals surface area contributed by atoms with Gasteiger partial charge in [0.25, 0.3) is 0 Å². The van der Waals surface area contributed by atoms with Crippen molar-refractivity contribution in [3.63, 3.8) is 0 Å². The number of nitrogens with zero attached hydrogens (tertiary/aromatic N) is 2. The molecule has 0 bridgehead atoms. The van der Waals surface area contributed by atoms with E-state index in [9.17, 15) is 4.79 Å². The smallest absolute Gasteiger partial charge is 0.217 e. The summed E-state index contributed by atoms with van der Waals surface area (Å²) in [5.41, 5.74) is 0.872. The van der Waals surface area contributed by atoms with Crippen molar-refractivity contribution in [1.82, 2.24) is 15.2 Å². The van der Waals surface area contributed by atoms with Crippen LogP contribution in [0.5, 0.6) is 0 Å². The van der Waals surface area contributed by atoms with Gasteiger partial charge in [-0.2, -0.15) is 0 Å². The number of halogens is 1. The maximum Gasteiger partial charge on any atom is 0.217 e. The fraction of sp³-hybridized carbons (Fsp3) is 0.538. The van der Waals surface area contributed by atoms with Crippen LogP contribution in [0.15, 0.2) is 12.1 Å². The van der Waals surface area contributed by atoms with Crippen molar-refractivity contribution in [1.29, 1.82) is 0 Å². The molecule has 1 atom stereocenters. The predicted octanol–water partition coefficient (Wildman–Crippen LogP) is 1.49. The number of hydrogen-bond acceptors (Lipinski definition) is 4. The Hall–Kier alpha value is -1.33. The first-order valence-electron chi connectivity index (χ1n) is 6.41. The van der Waals surface area contributed by atoms with Gasteiger partial charge in [0.1, 0.15) is 5.82 Å². The molecule has 0 saturated carbocycles. The minimum absolute atomic E-state index is 0.0280. The molecule has 0 aliphatic carbocycles. The molecule has 1 amide bonds. The highest BCUT2D eigenvalue weighted by Crippen LogP contribution is 2.20. The summed E-state index contributed by atoms with van der Waals surface area (Å²) < 4.78 is 0. The quantitative estimate of drug-likeness (QED) is 0.878. The van der Waals surface area contributed by atoms with Gasteiger partial charge in [-0.05, 0) is 18.6 Å². The maximum atomic E-state index is 11.0. The zero-order chi connectivity index (χ0) is 13.8. The average Bonchev–Trinajstić information content (AvgIpc) is 2.78. The molecule has 2 heterocycles. The number of carbonyl (C=O) groups excluding carboxylic acids is 1. The fourth-order valence-electron chi connectivity index (χ4n) is 2.33. The van der Waals surface area contributed by atoms with Gasteiger partial charge in [0.05, 0.1) is 10.7 Å². The van der Waals surface area contributed by atoms with E-state index in [2.05, 4.69) is 20.5 Å². The van der Waals surface area contributed by atoms with Crippen molar-refractivity contribution >= 4 is 23.3 Å². The lowest BCUT2D eigenvalue weighted by atomic mass is 10.2. The van der Waals surface area contributed by atoms with E-state index < -0.39 is 0 Å². The van der Waals surface area contributed by atoms with Crippen LogP contribution < -0.4 is 10.6 Å². The number of pyridine rings is 1. The number of carbonyl (C=O) groups is 1. The third-order valence-corrected chi connectivity index (χ3v) is 3.57. The molecular weight excluding hydrogens is 264 g/mol. The molecule has 6 heteroatoms. The van der Waals surface area contributed by atoms with Gasteiger partial charge in [0.15, 0.2) is 0 Å². The normalized spacial score (nSPS) is 19.4. The van der Waals surface area contributed by atoms with Gasteiger partial charge in [0.2, 0.25) is 5.91 Å². The standard InChI is InChI=1S/C13H19ClN4O/c1-9(19)16-10-5-6-18(7-10)8-12-11(14)3-4-13(15-2)17-12/h3-4,10H,5-8H2,1-2H3,(H,15,17)(H,16,19). The highest BCUT2D eigenvalue weighted by Gasteiger charge is 2.23. The SMILES string of the molecule is CNc1ccc(Cl)c(CN2CCC(NC(C)=O)C2)n1. The zero-order valence-electron chi connectivity index (χ0n) is 11.2. The summed E-state index contributed by atoms with van der Waals surface area (Å²) in [5, 5.41) is 6.64. The summed E-state index contributed by atoms with van der Waals surface area (Å²) in [6.07, 6.45) is 0.975. The molecule has 1 aliphatic heterocycles. The molecule has 0 spiro atoms. The Labute approximate surface area is 118 Å². The van der Waals surface area contributed by atoms with Crippen LogP contribution in [-0.2, 0) is 11.3 Å². The molecule has 1 unspecified atom stereocenters. The lowest BCUT2D eigenvalue weighted by Crippen LogP contribution is -2.35. The molecule has 104 valence electrons. The Morgan fingerprint density at radius 3 is 3.05 bits per heavy atom.